The van der Waals surface area contributed by atoms with Crippen molar-refractivity contribution in [3.8, 4) is 0 Å². The molecular weight excluding hydrogens is 1430 g/mol. The number of aliphatic hydroxyl groups is 2. The maximum absolute atomic E-state index is 13.0. The number of hydrogen-bond acceptors (Lipinski definition) is 14. The van der Waals surface area contributed by atoms with Crippen molar-refractivity contribution in [1.82, 2.24) is 0 Å². The van der Waals surface area contributed by atoms with E-state index in [0.717, 1.165) is 161 Å². The summed E-state index contributed by atoms with van der Waals surface area (Å²) in [6.45, 7) is 2.23. The molecule has 0 fully saturated rings. The molecular formula is C93H150O16P2. The number of carbonyl (C=O) groups excluding carboxylic acids is 3. The third kappa shape index (κ3) is 84.9. The van der Waals surface area contributed by atoms with E-state index in [9.17, 15) is 43.5 Å². The van der Waals surface area contributed by atoms with Crippen LogP contribution in [0.2, 0.25) is 0 Å². The predicted molar refractivity (Wildman–Crippen MR) is 463 cm³/mol. The lowest BCUT2D eigenvalue weighted by atomic mass is 10.0. The summed E-state index contributed by atoms with van der Waals surface area (Å²) >= 11 is 0. The van der Waals surface area contributed by atoms with Crippen molar-refractivity contribution in [1.29, 1.82) is 0 Å². The van der Waals surface area contributed by atoms with Crippen LogP contribution >= 0.6 is 15.6 Å². The summed E-state index contributed by atoms with van der Waals surface area (Å²) in [5.41, 5.74) is 0. The van der Waals surface area contributed by atoms with E-state index < -0.39 is 91.5 Å². The Balaban J connectivity index is 4.56. The maximum atomic E-state index is 13.0. The van der Waals surface area contributed by atoms with Gasteiger partial charge in [0.25, 0.3) is 0 Å². The normalized spacial score (nSPS) is 14.9. The molecule has 628 valence electrons. The Morgan fingerprint density at radius 1 is 0.252 bits per heavy atom. The van der Waals surface area contributed by atoms with Gasteiger partial charge in [0.1, 0.15) is 25.4 Å². The van der Waals surface area contributed by atoms with Crippen LogP contribution in [-0.2, 0) is 55.8 Å². The lowest BCUT2D eigenvalue weighted by molar-refractivity contribution is -0.161. The highest BCUT2D eigenvalue weighted by atomic mass is 31.2. The molecule has 0 rings (SSSR count). The molecule has 0 radical (unpaired) electrons. The number of rotatable bonds is 78. The minimum atomic E-state index is -4.96. The topological polar surface area (TPSA) is 231 Å². The van der Waals surface area contributed by atoms with E-state index in [-0.39, 0.29) is 19.3 Å². The van der Waals surface area contributed by atoms with Gasteiger partial charge >= 0.3 is 33.6 Å². The molecule has 0 aromatic heterocycles. The van der Waals surface area contributed by atoms with Gasteiger partial charge in [0, 0.05) is 19.3 Å². The van der Waals surface area contributed by atoms with Gasteiger partial charge in [-0.1, -0.05) is 324 Å². The number of allylic oxidation sites excluding steroid dienone is 34. The first-order valence-corrected chi connectivity index (χ1v) is 45.4. The molecule has 0 saturated carbocycles. The molecule has 0 aromatic carbocycles. The van der Waals surface area contributed by atoms with Gasteiger partial charge in [-0.2, -0.15) is 0 Å². The first-order chi connectivity index (χ1) is 54.2. The molecule has 111 heavy (non-hydrogen) atoms. The first-order valence-electron chi connectivity index (χ1n) is 42.4. The van der Waals surface area contributed by atoms with Gasteiger partial charge in [0.2, 0.25) is 0 Å². The molecule has 5 atom stereocenters. The molecule has 5 unspecified atom stereocenters. The van der Waals surface area contributed by atoms with Crippen molar-refractivity contribution in [2.24, 2.45) is 0 Å². The quantitative estimate of drug-likeness (QED) is 0.0146. The summed E-state index contributed by atoms with van der Waals surface area (Å²) in [5.74, 6) is -1.68. The highest BCUT2D eigenvalue weighted by Gasteiger charge is 2.29. The molecule has 16 nitrogen and oxygen atoms in total. The van der Waals surface area contributed by atoms with Crippen LogP contribution in [0.4, 0.5) is 0 Å². The Hall–Kier alpha value is -5.87. The highest BCUT2D eigenvalue weighted by molar-refractivity contribution is 7.47. The summed E-state index contributed by atoms with van der Waals surface area (Å²) in [7, 11) is -9.84. The largest absolute Gasteiger partial charge is 0.472 e. The molecule has 0 saturated heterocycles. The van der Waals surface area contributed by atoms with Crippen molar-refractivity contribution in [3.63, 3.8) is 0 Å². The lowest BCUT2D eigenvalue weighted by Gasteiger charge is -2.21. The van der Waals surface area contributed by atoms with Crippen LogP contribution in [0.25, 0.3) is 0 Å². The van der Waals surface area contributed by atoms with Gasteiger partial charge in [0.05, 0.1) is 26.4 Å². The fourth-order valence-electron chi connectivity index (χ4n) is 10.7. The second-order valence-corrected chi connectivity index (χ2v) is 30.4. The van der Waals surface area contributed by atoms with Crippen molar-refractivity contribution in [3.05, 3.63) is 207 Å². The Labute approximate surface area is 673 Å². The Kier molecular flexibility index (Phi) is 79.1. The SMILES string of the molecule is CC/C=C\C/C=C\C/C=C\C/C=C\C/C=C\C/C=C\CCCCCCCCCCCCCCCCCCC(=O)OCC(O)COP(=O)(O)OCC(O)COP(=O)(O)OCC(COC(=O)CCCC/C=C\C/C=C\C/C=C\C/C=C\C/C=C\C/C=C\CC)OC(=O)CCCCC/C=C\C/C=C\C/C=C\C/C=C\C/C=C\CC. The minimum absolute atomic E-state index is 0.0475. The molecule has 0 bridgehead atoms. The van der Waals surface area contributed by atoms with Crippen molar-refractivity contribution in [2.45, 2.75) is 322 Å². The van der Waals surface area contributed by atoms with Crippen molar-refractivity contribution < 1.29 is 75.8 Å². The molecule has 0 aliphatic carbocycles. The molecule has 0 aromatic rings. The maximum Gasteiger partial charge on any atom is 0.472 e. The van der Waals surface area contributed by atoms with Crippen LogP contribution in [0.5, 0.6) is 0 Å². The van der Waals surface area contributed by atoms with Crippen LogP contribution in [-0.4, -0.2) is 95.9 Å². The van der Waals surface area contributed by atoms with Gasteiger partial charge in [-0.15, -0.1) is 0 Å². The zero-order valence-corrected chi connectivity index (χ0v) is 70.6. The summed E-state index contributed by atoms with van der Waals surface area (Å²) in [4.78, 5) is 58.8. The van der Waals surface area contributed by atoms with Crippen LogP contribution < -0.4 is 0 Å². The Morgan fingerprint density at radius 2 is 0.450 bits per heavy atom. The summed E-state index contributed by atoms with van der Waals surface area (Å²) in [6, 6.07) is 0. The number of ether oxygens (including phenoxy) is 3. The molecule has 0 amide bonds. The number of unbranched alkanes of at least 4 members (excludes halogenated alkanes) is 21. The first kappa shape index (κ1) is 105. The van der Waals surface area contributed by atoms with E-state index in [1.807, 2.05) is 0 Å². The van der Waals surface area contributed by atoms with Gasteiger partial charge < -0.3 is 34.2 Å². The average molecular weight is 1590 g/mol. The number of carbonyl (C=O) groups is 3. The van der Waals surface area contributed by atoms with Gasteiger partial charge in [-0.25, -0.2) is 9.13 Å². The van der Waals surface area contributed by atoms with Crippen LogP contribution in [0.1, 0.15) is 303 Å². The number of hydrogen-bond donors (Lipinski definition) is 4. The third-order valence-electron chi connectivity index (χ3n) is 17.0. The summed E-state index contributed by atoms with van der Waals surface area (Å²) < 4.78 is 61.2. The fraction of sp³-hybridized carbons (Fsp3) is 0.602. The van der Waals surface area contributed by atoms with E-state index in [0.29, 0.717) is 19.3 Å². The third-order valence-corrected chi connectivity index (χ3v) is 18.9. The van der Waals surface area contributed by atoms with E-state index in [1.165, 1.54) is 83.5 Å². The van der Waals surface area contributed by atoms with Gasteiger partial charge in [-0.3, -0.25) is 32.5 Å². The second kappa shape index (κ2) is 83.6. The second-order valence-electron chi connectivity index (χ2n) is 27.5. The number of phosphoric acid groups is 2. The summed E-state index contributed by atoms with van der Waals surface area (Å²) in [6.07, 6.45) is 112. The number of esters is 3. The fourth-order valence-corrected chi connectivity index (χ4v) is 12.2. The average Bonchev–Trinajstić information content (AvgIpc) is 0.901. The number of aliphatic hydroxyl groups excluding tert-OH is 2. The van der Waals surface area contributed by atoms with E-state index in [2.05, 4.69) is 227 Å². The van der Waals surface area contributed by atoms with Gasteiger partial charge in [0.15, 0.2) is 6.10 Å². The summed E-state index contributed by atoms with van der Waals surface area (Å²) in [5, 5.41) is 20.7. The minimum Gasteiger partial charge on any atom is -0.463 e. The smallest absolute Gasteiger partial charge is 0.463 e. The lowest BCUT2D eigenvalue weighted by Crippen LogP contribution is -2.30. The van der Waals surface area contributed by atoms with Crippen molar-refractivity contribution >= 4 is 33.6 Å². The monoisotopic (exact) mass is 1590 g/mol. The molecule has 0 aliphatic rings. The Morgan fingerprint density at radius 3 is 0.739 bits per heavy atom. The molecule has 4 N–H and O–H groups in total. The van der Waals surface area contributed by atoms with E-state index >= 15 is 0 Å². The van der Waals surface area contributed by atoms with Crippen molar-refractivity contribution in [2.75, 3.05) is 39.6 Å². The standard InChI is InChI=1S/C93H150O16P2/c1-4-7-10-13-16-19-22-25-28-31-34-36-37-38-39-40-41-42-43-44-45-46-47-48-49-51-54-55-58-61-64-67-70-73-76-79-91(96)103-82-88(94)83-105-110(99,100)106-84-89(95)85-107-111(101,102)108-87-90(109-93(98)81-78-75-72-69-66-63-60-57-52-33-30-27-24-21-18-15-12-9-6-3)86-104-92(97)80-77-74-71-68-65-62-59-56-53-50-35-32-29-26-23-20-17-14-11-8-5-2/h7-12,16-21,25-30,34-36,38-39,41-42,50,52,56-57,59,63,65-66,68,88-90,94-95H,4-6,13-15,22-24,31-33,37,40,43-49,51,53-55,58,60-62,64,67,69-87H2,1-3H3,(H,99,100)(H,101,102)/b10-7-,11-8-,12-9-,19-16-,20-17-,21-18-,28-25-,29-26-,30-27-,36-34-,39-38-,42-41-,50-35-,57-52-,59-56-,66-63-,68-65-. The predicted octanol–water partition coefficient (Wildman–Crippen LogP) is 25.7. The van der Waals surface area contributed by atoms with Gasteiger partial charge in [-0.05, 0) is 167 Å². The highest BCUT2D eigenvalue weighted by Crippen LogP contribution is 2.45. The number of phosphoric ester groups is 2. The van der Waals surface area contributed by atoms with Crippen LogP contribution in [0.15, 0.2) is 207 Å². The van der Waals surface area contributed by atoms with E-state index in [1.54, 1.807) is 0 Å². The van der Waals surface area contributed by atoms with E-state index in [4.69, 9.17) is 32.3 Å². The molecule has 0 spiro atoms. The van der Waals surface area contributed by atoms with Crippen LogP contribution in [0.3, 0.4) is 0 Å². The molecule has 18 heteroatoms. The molecule has 0 aliphatic heterocycles. The Bertz CT molecular complexity index is 2850. The van der Waals surface area contributed by atoms with Crippen LogP contribution in [0, 0.1) is 0 Å². The zero-order valence-electron chi connectivity index (χ0n) is 68.8. The molecule has 0 heterocycles. The zero-order chi connectivity index (χ0) is 80.8.